The van der Waals surface area contributed by atoms with Crippen LogP contribution in [-0.4, -0.2) is 36.6 Å². The number of rotatable bonds is 7. The number of hydrogen-bond donors (Lipinski definition) is 1. The van der Waals surface area contributed by atoms with Crippen LogP contribution in [0.25, 0.3) is 0 Å². The van der Waals surface area contributed by atoms with Crippen molar-refractivity contribution in [3.05, 3.63) is 0 Å². The third-order valence-electron chi connectivity index (χ3n) is 3.02. The summed E-state index contributed by atoms with van der Waals surface area (Å²) in [5.74, 6) is 0. The summed E-state index contributed by atoms with van der Waals surface area (Å²) in [6.07, 6.45) is 5.39. The maximum atomic E-state index is 9.76. The first-order valence-corrected chi connectivity index (χ1v) is 6.15. The van der Waals surface area contributed by atoms with E-state index in [1.165, 1.54) is 12.8 Å². The maximum Gasteiger partial charge on any atom is 0.0805 e. The third-order valence-corrected chi connectivity index (χ3v) is 3.02. The molecule has 15 heavy (non-hydrogen) atoms. The van der Waals surface area contributed by atoms with Crippen molar-refractivity contribution in [2.45, 2.75) is 64.3 Å². The molecule has 1 N–H and O–H groups in total. The summed E-state index contributed by atoms with van der Waals surface area (Å²) in [4.78, 5) is 0. The molecule has 0 aromatic rings. The van der Waals surface area contributed by atoms with E-state index in [-0.39, 0.29) is 12.2 Å². The zero-order valence-corrected chi connectivity index (χ0v) is 9.95. The van der Waals surface area contributed by atoms with E-state index in [0.29, 0.717) is 12.7 Å². The highest BCUT2D eigenvalue weighted by atomic mass is 16.5. The van der Waals surface area contributed by atoms with Gasteiger partial charge < -0.3 is 14.6 Å². The van der Waals surface area contributed by atoms with Gasteiger partial charge in [0.05, 0.1) is 18.3 Å². The van der Waals surface area contributed by atoms with Crippen molar-refractivity contribution in [3.63, 3.8) is 0 Å². The SMILES string of the molecule is CCOC(C)C(O)CCCC1CCCO1. The van der Waals surface area contributed by atoms with Crippen LogP contribution in [0.4, 0.5) is 0 Å². The van der Waals surface area contributed by atoms with Crippen LogP contribution in [0, 0.1) is 0 Å². The highest BCUT2D eigenvalue weighted by Crippen LogP contribution is 2.18. The van der Waals surface area contributed by atoms with Crippen LogP contribution in [0.2, 0.25) is 0 Å². The van der Waals surface area contributed by atoms with Crippen molar-refractivity contribution >= 4 is 0 Å². The summed E-state index contributed by atoms with van der Waals surface area (Å²) in [5, 5.41) is 9.76. The van der Waals surface area contributed by atoms with Gasteiger partial charge in [-0.05, 0) is 46.0 Å². The maximum absolute atomic E-state index is 9.76. The molecule has 1 aliphatic heterocycles. The van der Waals surface area contributed by atoms with E-state index in [9.17, 15) is 5.11 Å². The van der Waals surface area contributed by atoms with E-state index in [2.05, 4.69) is 0 Å². The summed E-state index contributed by atoms with van der Waals surface area (Å²) < 4.78 is 10.9. The fourth-order valence-corrected chi connectivity index (χ4v) is 2.04. The Labute approximate surface area is 92.8 Å². The lowest BCUT2D eigenvalue weighted by atomic mass is 10.0. The second-order valence-electron chi connectivity index (χ2n) is 4.29. The zero-order chi connectivity index (χ0) is 11.1. The average Bonchev–Trinajstić information content (AvgIpc) is 2.71. The van der Waals surface area contributed by atoms with Crippen LogP contribution in [0.15, 0.2) is 0 Å². The predicted octanol–water partition coefficient (Wildman–Crippen LogP) is 2.12. The molecule has 0 radical (unpaired) electrons. The summed E-state index contributed by atoms with van der Waals surface area (Å²) in [5.41, 5.74) is 0. The number of aliphatic hydroxyl groups excluding tert-OH is 1. The number of ether oxygens (including phenoxy) is 2. The van der Waals surface area contributed by atoms with Crippen molar-refractivity contribution < 1.29 is 14.6 Å². The molecular formula is C12H24O3. The molecule has 0 saturated carbocycles. The molecule has 0 aliphatic carbocycles. The van der Waals surface area contributed by atoms with Crippen molar-refractivity contribution in [2.24, 2.45) is 0 Å². The first kappa shape index (κ1) is 12.9. The molecule has 3 unspecified atom stereocenters. The third kappa shape index (κ3) is 4.96. The van der Waals surface area contributed by atoms with Gasteiger partial charge in [0.15, 0.2) is 0 Å². The smallest absolute Gasteiger partial charge is 0.0805 e. The molecule has 1 rings (SSSR count). The Hall–Kier alpha value is -0.120. The molecular weight excluding hydrogens is 192 g/mol. The largest absolute Gasteiger partial charge is 0.390 e. The van der Waals surface area contributed by atoms with E-state index >= 15 is 0 Å². The van der Waals surface area contributed by atoms with E-state index in [1.807, 2.05) is 13.8 Å². The molecule has 3 nitrogen and oxygen atoms in total. The molecule has 90 valence electrons. The molecule has 1 heterocycles. The zero-order valence-electron chi connectivity index (χ0n) is 9.95. The van der Waals surface area contributed by atoms with Gasteiger partial charge in [0.2, 0.25) is 0 Å². The molecule has 0 aromatic heterocycles. The van der Waals surface area contributed by atoms with Gasteiger partial charge in [-0.1, -0.05) is 0 Å². The Balaban J connectivity index is 2.02. The summed E-state index contributed by atoms with van der Waals surface area (Å²) in [6, 6.07) is 0. The molecule has 3 heteroatoms. The fourth-order valence-electron chi connectivity index (χ4n) is 2.04. The Morgan fingerprint density at radius 2 is 2.33 bits per heavy atom. The van der Waals surface area contributed by atoms with Gasteiger partial charge in [0.25, 0.3) is 0 Å². The van der Waals surface area contributed by atoms with Gasteiger partial charge in [-0.15, -0.1) is 0 Å². The number of hydrogen-bond acceptors (Lipinski definition) is 3. The van der Waals surface area contributed by atoms with Crippen LogP contribution in [0.5, 0.6) is 0 Å². The van der Waals surface area contributed by atoms with Crippen LogP contribution >= 0.6 is 0 Å². The molecule has 0 spiro atoms. The van der Waals surface area contributed by atoms with Gasteiger partial charge >= 0.3 is 0 Å². The van der Waals surface area contributed by atoms with Crippen LogP contribution in [0.3, 0.4) is 0 Å². The highest BCUT2D eigenvalue weighted by molar-refractivity contribution is 4.68. The minimum Gasteiger partial charge on any atom is -0.390 e. The van der Waals surface area contributed by atoms with E-state index in [0.717, 1.165) is 25.9 Å². The van der Waals surface area contributed by atoms with Crippen LogP contribution in [-0.2, 0) is 9.47 Å². The van der Waals surface area contributed by atoms with Crippen LogP contribution in [0.1, 0.15) is 46.0 Å². The van der Waals surface area contributed by atoms with Gasteiger partial charge in [-0.25, -0.2) is 0 Å². The van der Waals surface area contributed by atoms with E-state index in [4.69, 9.17) is 9.47 Å². The van der Waals surface area contributed by atoms with Gasteiger partial charge in [-0.2, -0.15) is 0 Å². The van der Waals surface area contributed by atoms with Gasteiger partial charge in [0, 0.05) is 13.2 Å². The quantitative estimate of drug-likeness (QED) is 0.708. The second-order valence-corrected chi connectivity index (χ2v) is 4.29. The Kier molecular flexibility index (Phi) is 6.22. The van der Waals surface area contributed by atoms with Crippen molar-refractivity contribution in [1.29, 1.82) is 0 Å². The normalized spacial score (nSPS) is 25.4. The lowest BCUT2D eigenvalue weighted by Gasteiger charge is -2.19. The second kappa shape index (κ2) is 7.20. The summed E-state index contributed by atoms with van der Waals surface area (Å²) >= 11 is 0. The van der Waals surface area contributed by atoms with Gasteiger partial charge in [-0.3, -0.25) is 0 Å². The first-order chi connectivity index (χ1) is 7.24. The van der Waals surface area contributed by atoms with Crippen LogP contribution < -0.4 is 0 Å². The lowest BCUT2D eigenvalue weighted by molar-refractivity contribution is -0.0270. The molecule has 1 aliphatic rings. The summed E-state index contributed by atoms with van der Waals surface area (Å²) in [7, 11) is 0. The molecule has 0 bridgehead atoms. The number of aliphatic hydroxyl groups is 1. The standard InChI is InChI=1S/C12H24O3/c1-3-14-10(2)12(13)8-4-6-11-7-5-9-15-11/h10-13H,3-9H2,1-2H3. The van der Waals surface area contributed by atoms with Gasteiger partial charge in [0.1, 0.15) is 0 Å². The molecule has 1 saturated heterocycles. The van der Waals surface area contributed by atoms with Crippen molar-refractivity contribution in [1.82, 2.24) is 0 Å². The molecule has 0 amide bonds. The Morgan fingerprint density at radius 3 is 2.93 bits per heavy atom. The average molecular weight is 216 g/mol. The highest BCUT2D eigenvalue weighted by Gasteiger charge is 2.17. The fraction of sp³-hybridized carbons (Fsp3) is 1.00. The van der Waals surface area contributed by atoms with E-state index < -0.39 is 0 Å². The monoisotopic (exact) mass is 216 g/mol. The Bertz CT molecular complexity index is 155. The molecule has 3 atom stereocenters. The van der Waals surface area contributed by atoms with E-state index in [1.54, 1.807) is 0 Å². The lowest BCUT2D eigenvalue weighted by Crippen LogP contribution is -2.26. The first-order valence-electron chi connectivity index (χ1n) is 6.15. The van der Waals surface area contributed by atoms with Crippen molar-refractivity contribution in [2.75, 3.05) is 13.2 Å². The Morgan fingerprint density at radius 1 is 1.53 bits per heavy atom. The molecule has 0 aromatic carbocycles. The minimum absolute atomic E-state index is 0.0421. The predicted molar refractivity (Wildman–Crippen MR) is 59.9 cm³/mol. The topological polar surface area (TPSA) is 38.7 Å². The molecule has 1 fully saturated rings. The summed E-state index contributed by atoms with van der Waals surface area (Å²) in [6.45, 7) is 5.47. The minimum atomic E-state index is -0.327. The van der Waals surface area contributed by atoms with Crippen molar-refractivity contribution in [3.8, 4) is 0 Å².